The molecule has 2 rings (SSSR count). The van der Waals surface area contributed by atoms with Crippen molar-refractivity contribution in [2.45, 2.75) is 19.9 Å². The van der Waals surface area contributed by atoms with Crippen LogP contribution in [0.5, 0.6) is 0 Å². The normalized spacial score (nSPS) is 10.6. The molecule has 1 aromatic carbocycles. The lowest BCUT2D eigenvalue weighted by Gasteiger charge is -2.08. The highest BCUT2D eigenvalue weighted by atomic mass is 32.1. The number of rotatable bonds is 7. The third-order valence-electron chi connectivity index (χ3n) is 3.22. The molecular formula is C15H20N4O2S. The first-order valence-corrected chi connectivity index (χ1v) is 7.50. The molecule has 0 bridgehead atoms. The van der Waals surface area contributed by atoms with Crippen molar-refractivity contribution in [3.63, 3.8) is 0 Å². The molecule has 0 spiro atoms. The number of ether oxygens (including phenoxy) is 1. The predicted octanol–water partition coefficient (Wildman–Crippen LogP) is 2.07. The van der Waals surface area contributed by atoms with Crippen LogP contribution < -0.4 is 5.32 Å². The first-order valence-electron chi connectivity index (χ1n) is 7.09. The minimum absolute atomic E-state index is 0.0954. The van der Waals surface area contributed by atoms with Crippen molar-refractivity contribution in [1.29, 1.82) is 0 Å². The summed E-state index contributed by atoms with van der Waals surface area (Å²) in [6, 6.07) is 7.94. The van der Waals surface area contributed by atoms with Crippen LogP contribution in [0.25, 0.3) is 11.4 Å². The van der Waals surface area contributed by atoms with Crippen LogP contribution in [-0.4, -0.2) is 40.9 Å². The molecule has 0 saturated heterocycles. The zero-order valence-electron chi connectivity index (χ0n) is 12.8. The molecular weight excluding hydrogens is 300 g/mol. The van der Waals surface area contributed by atoms with Crippen molar-refractivity contribution < 1.29 is 9.53 Å². The van der Waals surface area contributed by atoms with Crippen molar-refractivity contribution >= 4 is 18.1 Å². The number of nitrogens with zero attached hydrogens (tertiary/aromatic N) is 2. The topological polar surface area (TPSA) is 71.9 Å². The van der Waals surface area contributed by atoms with E-state index in [4.69, 9.17) is 17.0 Å². The number of aromatic nitrogens is 3. The molecule has 0 saturated carbocycles. The molecule has 0 aliphatic rings. The van der Waals surface area contributed by atoms with Crippen LogP contribution >= 0.6 is 12.2 Å². The number of aromatic amines is 1. The van der Waals surface area contributed by atoms with Crippen LogP contribution in [-0.2, 0) is 16.1 Å². The van der Waals surface area contributed by atoms with Crippen LogP contribution in [0, 0.1) is 11.7 Å². The van der Waals surface area contributed by atoms with Gasteiger partial charge in [-0.15, -0.1) is 0 Å². The second-order valence-corrected chi connectivity index (χ2v) is 5.39. The number of hydrogen-bond donors (Lipinski definition) is 2. The van der Waals surface area contributed by atoms with E-state index in [1.165, 1.54) is 5.56 Å². The summed E-state index contributed by atoms with van der Waals surface area (Å²) in [5, 5.41) is 9.82. The Morgan fingerprint density at radius 1 is 1.41 bits per heavy atom. The maximum Gasteiger partial charge on any atom is 0.240 e. The van der Waals surface area contributed by atoms with Gasteiger partial charge >= 0.3 is 0 Å². The minimum atomic E-state index is -0.0954. The van der Waals surface area contributed by atoms with Gasteiger partial charge in [0.1, 0.15) is 6.54 Å². The lowest BCUT2D eigenvalue weighted by Crippen LogP contribution is -2.29. The highest BCUT2D eigenvalue weighted by Crippen LogP contribution is 2.17. The molecule has 0 aliphatic carbocycles. The molecule has 7 heteroatoms. The Morgan fingerprint density at radius 2 is 2.14 bits per heavy atom. The number of carbonyl (C=O) groups excluding carboxylic acids is 1. The maximum absolute atomic E-state index is 12.0. The first-order chi connectivity index (χ1) is 10.6. The Kier molecular flexibility index (Phi) is 5.85. The molecule has 118 valence electrons. The molecule has 22 heavy (non-hydrogen) atoms. The Balaban J connectivity index is 2.08. The molecule has 0 aliphatic heterocycles. The second kappa shape index (κ2) is 7.86. The van der Waals surface area contributed by atoms with Crippen molar-refractivity contribution in [3.8, 4) is 11.4 Å². The van der Waals surface area contributed by atoms with Gasteiger partial charge in [-0.25, -0.2) is 0 Å². The summed E-state index contributed by atoms with van der Waals surface area (Å²) in [7, 11) is 1.64. The van der Waals surface area contributed by atoms with Crippen LogP contribution in [0.1, 0.15) is 12.0 Å². The van der Waals surface area contributed by atoms with E-state index in [0.717, 1.165) is 12.0 Å². The van der Waals surface area contributed by atoms with Gasteiger partial charge in [-0.2, -0.15) is 5.10 Å². The van der Waals surface area contributed by atoms with Crippen LogP contribution in [0.3, 0.4) is 0 Å². The number of methoxy groups -OCH3 is 1. The predicted molar refractivity (Wildman–Crippen MR) is 87.1 cm³/mol. The van der Waals surface area contributed by atoms with Gasteiger partial charge in [-0.05, 0) is 25.6 Å². The van der Waals surface area contributed by atoms with Crippen molar-refractivity contribution in [1.82, 2.24) is 20.1 Å². The summed E-state index contributed by atoms with van der Waals surface area (Å²) in [5.74, 6) is 0.569. The summed E-state index contributed by atoms with van der Waals surface area (Å²) in [4.78, 5) is 12.0. The standard InChI is InChI=1S/C15H20N4O2S/c1-11-4-6-12(7-5-11)14-17-18-15(22)19(14)10-13(20)16-8-3-9-21-2/h4-7H,3,8-10H2,1-2H3,(H,16,20)(H,18,22). The molecule has 2 aromatic rings. The molecule has 0 radical (unpaired) electrons. The zero-order chi connectivity index (χ0) is 15.9. The highest BCUT2D eigenvalue weighted by Gasteiger charge is 2.11. The zero-order valence-corrected chi connectivity index (χ0v) is 13.6. The van der Waals surface area contributed by atoms with E-state index >= 15 is 0 Å². The lowest BCUT2D eigenvalue weighted by atomic mass is 10.1. The first kappa shape index (κ1) is 16.4. The number of benzene rings is 1. The Bertz CT molecular complexity index is 676. The van der Waals surface area contributed by atoms with Crippen molar-refractivity contribution in [2.24, 2.45) is 0 Å². The number of aryl methyl sites for hydroxylation is 1. The number of hydrogen-bond acceptors (Lipinski definition) is 4. The van der Waals surface area contributed by atoms with Crippen molar-refractivity contribution in [3.05, 3.63) is 34.6 Å². The number of amides is 1. The van der Waals surface area contributed by atoms with Gasteiger partial charge in [0.2, 0.25) is 5.91 Å². The fourth-order valence-electron chi connectivity index (χ4n) is 2.03. The molecule has 0 atom stereocenters. The number of carbonyl (C=O) groups is 1. The largest absolute Gasteiger partial charge is 0.385 e. The van der Waals surface area contributed by atoms with Gasteiger partial charge in [0.15, 0.2) is 10.6 Å². The second-order valence-electron chi connectivity index (χ2n) is 5.00. The van der Waals surface area contributed by atoms with E-state index < -0.39 is 0 Å². The summed E-state index contributed by atoms with van der Waals surface area (Å²) in [6.07, 6.45) is 0.782. The molecule has 0 fully saturated rings. The molecule has 1 amide bonds. The summed E-state index contributed by atoms with van der Waals surface area (Å²) < 4.78 is 7.08. The molecule has 2 N–H and O–H groups in total. The summed E-state index contributed by atoms with van der Waals surface area (Å²) >= 11 is 5.22. The SMILES string of the molecule is COCCCNC(=O)Cn1c(-c2ccc(C)cc2)n[nH]c1=S. The van der Waals surface area contributed by atoms with Gasteiger partial charge in [-0.3, -0.25) is 14.5 Å². The summed E-state index contributed by atoms with van der Waals surface area (Å²) in [6.45, 7) is 3.37. The Hall–Kier alpha value is -1.99. The molecule has 1 aromatic heterocycles. The minimum Gasteiger partial charge on any atom is -0.385 e. The van der Waals surface area contributed by atoms with Crippen LogP contribution in [0.4, 0.5) is 0 Å². The fraction of sp³-hybridized carbons (Fsp3) is 0.400. The smallest absolute Gasteiger partial charge is 0.240 e. The van der Waals surface area contributed by atoms with E-state index in [-0.39, 0.29) is 12.5 Å². The van der Waals surface area contributed by atoms with E-state index in [1.807, 2.05) is 31.2 Å². The Labute approximate surface area is 134 Å². The van der Waals surface area contributed by atoms with Gasteiger partial charge in [0.05, 0.1) is 0 Å². The van der Waals surface area contributed by atoms with Crippen molar-refractivity contribution in [2.75, 3.05) is 20.3 Å². The van der Waals surface area contributed by atoms with E-state index in [1.54, 1.807) is 11.7 Å². The molecule has 0 unspecified atom stereocenters. The van der Waals surface area contributed by atoms with Gasteiger partial charge in [0.25, 0.3) is 0 Å². The number of nitrogens with one attached hydrogen (secondary N) is 2. The van der Waals surface area contributed by atoms with Crippen LogP contribution in [0.15, 0.2) is 24.3 Å². The molecule has 1 heterocycles. The lowest BCUT2D eigenvalue weighted by molar-refractivity contribution is -0.121. The quantitative estimate of drug-likeness (QED) is 0.605. The highest BCUT2D eigenvalue weighted by molar-refractivity contribution is 7.71. The maximum atomic E-state index is 12.0. The van der Waals surface area contributed by atoms with E-state index in [9.17, 15) is 4.79 Å². The average molecular weight is 320 g/mol. The monoisotopic (exact) mass is 320 g/mol. The van der Waals surface area contributed by atoms with Gasteiger partial charge < -0.3 is 10.1 Å². The van der Waals surface area contributed by atoms with E-state index in [2.05, 4.69) is 15.5 Å². The third-order valence-corrected chi connectivity index (χ3v) is 3.53. The average Bonchev–Trinajstić information content (AvgIpc) is 2.86. The van der Waals surface area contributed by atoms with E-state index in [0.29, 0.717) is 23.7 Å². The Morgan fingerprint density at radius 3 is 2.82 bits per heavy atom. The molecule has 6 nitrogen and oxygen atoms in total. The fourth-order valence-corrected chi connectivity index (χ4v) is 2.23. The van der Waals surface area contributed by atoms with Crippen LogP contribution in [0.2, 0.25) is 0 Å². The van der Waals surface area contributed by atoms with Gasteiger partial charge in [0, 0.05) is 25.8 Å². The number of H-pyrrole nitrogens is 1. The van der Waals surface area contributed by atoms with Gasteiger partial charge in [-0.1, -0.05) is 29.8 Å². The third kappa shape index (κ3) is 4.25. The summed E-state index contributed by atoms with van der Waals surface area (Å²) in [5.41, 5.74) is 2.09.